The summed E-state index contributed by atoms with van der Waals surface area (Å²) < 4.78 is 85.5. The maximum absolute atomic E-state index is 12.8. The van der Waals surface area contributed by atoms with E-state index in [-0.39, 0.29) is 38.1 Å². The maximum Gasteiger partial charge on any atom is 0.534 e. The Balaban J connectivity index is 0.000000205. The number of benzene rings is 4. The Hall–Kier alpha value is -4.60. The van der Waals surface area contributed by atoms with Gasteiger partial charge in [-0.25, -0.2) is 9.59 Å². The van der Waals surface area contributed by atoms with Gasteiger partial charge in [0.05, 0.1) is 25.0 Å². The number of carbonyl (C=O) groups is 2. The number of furan rings is 2. The van der Waals surface area contributed by atoms with E-state index in [1.165, 1.54) is 43.5 Å². The van der Waals surface area contributed by atoms with Gasteiger partial charge in [0.1, 0.15) is 11.2 Å². The number of rotatable bonds is 6. The number of aromatic hydroxyl groups is 1. The molecule has 1 N–H and O–H groups in total. The largest absolute Gasteiger partial charge is 0.534 e. The van der Waals surface area contributed by atoms with Gasteiger partial charge in [0.15, 0.2) is 5.75 Å². The Kier molecular flexibility index (Phi) is 10.7. The van der Waals surface area contributed by atoms with Crippen LogP contribution in [0.15, 0.2) is 81.6 Å². The molecule has 0 spiro atoms. The van der Waals surface area contributed by atoms with Crippen LogP contribution in [0, 0.1) is 0 Å². The molecule has 0 aliphatic rings. The minimum Gasteiger partial charge on any atom is -0.504 e. The molecular formula is C33H19Cl4F3O10S. The summed E-state index contributed by atoms with van der Waals surface area (Å²) in [5.41, 5.74) is -3.43. The van der Waals surface area contributed by atoms with E-state index < -0.39 is 39.1 Å². The van der Waals surface area contributed by atoms with Crippen LogP contribution in [0.4, 0.5) is 13.2 Å². The molecule has 0 atom stereocenters. The molecule has 18 heteroatoms. The monoisotopic (exact) mass is 804 g/mol. The minimum atomic E-state index is -6.08. The Morgan fingerprint density at radius 2 is 1.10 bits per heavy atom. The van der Waals surface area contributed by atoms with Gasteiger partial charge < -0.3 is 27.6 Å². The summed E-state index contributed by atoms with van der Waals surface area (Å²) in [5, 5.41) is 11.8. The van der Waals surface area contributed by atoms with Crippen LogP contribution in [0.3, 0.4) is 0 Å². The molecule has 2 heterocycles. The molecule has 51 heavy (non-hydrogen) atoms. The van der Waals surface area contributed by atoms with E-state index in [1.807, 2.05) is 0 Å². The van der Waals surface area contributed by atoms with Crippen molar-refractivity contribution in [2.75, 3.05) is 14.2 Å². The van der Waals surface area contributed by atoms with E-state index >= 15 is 0 Å². The van der Waals surface area contributed by atoms with Crippen LogP contribution in [-0.4, -0.2) is 45.2 Å². The highest BCUT2D eigenvalue weighted by Crippen LogP contribution is 2.43. The number of methoxy groups -OCH3 is 2. The van der Waals surface area contributed by atoms with Crippen molar-refractivity contribution < 1.29 is 58.8 Å². The molecule has 0 amide bonds. The first kappa shape index (κ1) is 37.7. The van der Waals surface area contributed by atoms with Gasteiger partial charge in [0.25, 0.3) is 11.5 Å². The van der Waals surface area contributed by atoms with Crippen LogP contribution in [0.5, 0.6) is 11.5 Å². The number of fused-ring (bicyclic) bond motifs is 2. The standard InChI is InChI=1S/C17H9Cl2F3O6S.C16H10Cl2O4/c1-26-16(23)15-14(28-29(24,25)17(20,21)22)12-4-2-3-11(13(12)27-15)8-5-9(18)7-10(19)6-8;1-21-16(20)15-13(19)12-4-2-3-11(14(12)22-15)8-5-9(17)7-10(18)6-8/h2-7H,1H3;2-7,19H,1H3. The molecule has 4 aromatic carbocycles. The molecule has 0 saturated carbocycles. The lowest BCUT2D eigenvalue weighted by atomic mass is 10.0. The lowest BCUT2D eigenvalue weighted by Crippen LogP contribution is -2.28. The van der Waals surface area contributed by atoms with Crippen LogP contribution in [0.25, 0.3) is 44.2 Å². The van der Waals surface area contributed by atoms with Gasteiger partial charge in [0, 0.05) is 31.2 Å². The molecule has 266 valence electrons. The summed E-state index contributed by atoms with van der Waals surface area (Å²) >= 11 is 24.0. The molecule has 10 nitrogen and oxygen atoms in total. The highest BCUT2D eigenvalue weighted by Gasteiger charge is 2.49. The van der Waals surface area contributed by atoms with Crippen molar-refractivity contribution in [2.24, 2.45) is 0 Å². The zero-order valence-corrected chi connectivity index (χ0v) is 29.4. The van der Waals surface area contributed by atoms with Crippen LogP contribution in [0.2, 0.25) is 20.1 Å². The molecule has 0 fully saturated rings. The van der Waals surface area contributed by atoms with Gasteiger partial charge in [-0.15, -0.1) is 0 Å². The molecule has 0 saturated heterocycles. The molecule has 0 radical (unpaired) electrons. The normalized spacial score (nSPS) is 11.6. The van der Waals surface area contributed by atoms with Gasteiger partial charge in [-0.3, -0.25) is 0 Å². The predicted octanol–water partition coefficient (Wildman–Crippen LogP) is 10.3. The van der Waals surface area contributed by atoms with Crippen molar-refractivity contribution in [3.05, 3.63) is 104 Å². The van der Waals surface area contributed by atoms with Crippen LogP contribution >= 0.6 is 46.4 Å². The van der Waals surface area contributed by atoms with Gasteiger partial charge in [0.2, 0.25) is 5.75 Å². The minimum absolute atomic E-state index is 0.126. The number of ether oxygens (including phenoxy) is 2. The molecule has 6 aromatic rings. The molecule has 2 aromatic heterocycles. The van der Waals surface area contributed by atoms with E-state index in [2.05, 4.69) is 13.7 Å². The summed E-state index contributed by atoms with van der Waals surface area (Å²) in [4.78, 5) is 23.6. The number of carbonyl (C=O) groups excluding carboxylic acids is 2. The van der Waals surface area contributed by atoms with Crippen LogP contribution < -0.4 is 4.18 Å². The third-order valence-electron chi connectivity index (χ3n) is 6.92. The fourth-order valence-electron chi connectivity index (χ4n) is 4.77. The van der Waals surface area contributed by atoms with Crippen molar-refractivity contribution in [3.8, 4) is 33.8 Å². The second-order valence-corrected chi connectivity index (χ2v) is 13.5. The fraction of sp³-hybridized carbons (Fsp3) is 0.0909. The zero-order chi connectivity index (χ0) is 37.4. The summed E-state index contributed by atoms with van der Waals surface area (Å²) in [5.74, 6) is -4.27. The number of hydrogen-bond acceptors (Lipinski definition) is 10. The van der Waals surface area contributed by atoms with Crippen LogP contribution in [-0.2, 0) is 19.6 Å². The Bertz CT molecular complexity index is 2400. The summed E-state index contributed by atoms with van der Waals surface area (Å²) in [7, 11) is -3.92. The molecule has 0 unspecified atom stereocenters. The fourth-order valence-corrected chi connectivity index (χ4v) is 6.31. The SMILES string of the molecule is COC(=O)c1oc2c(-c3cc(Cl)cc(Cl)c3)cccc2c1O.COC(=O)c1oc2c(-c3cc(Cl)cc(Cl)c3)cccc2c1OS(=O)(=O)C(F)(F)F. The number of halogens is 7. The van der Waals surface area contributed by atoms with E-state index in [1.54, 1.807) is 36.4 Å². The maximum atomic E-state index is 12.8. The molecular weight excluding hydrogens is 787 g/mol. The smallest absolute Gasteiger partial charge is 0.504 e. The van der Waals surface area contributed by atoms with Crippen molar-refractivity contribution in [2.45, 2.75) is 5.51 Å². The second-order valence-electron chi connectivity index (χ2n) is 10.2. The Morgan fingerprint density at radius 3 is 1.55 bits per heavy atom. The van der Waals surface area contributed by atoms with E-state index in [0.29, 0.717) is 37.7 Å². The van der Waals surface area contributed by atoms with Gasteiger partial charge in [-0.1, -0.05) is 70.7 Å². The number of alkyl halides is 3. The van der Waals surface area contributed by atoms with Crippen molar-refractivity contribution in [3.63, 3.8) is 0 Å². The second kappa shape index (κ2) is 14.6. The highest BCUT2D eigenvalue weighted by molar-refractivity contribution is 7.88. The molecule has 0 bridgehead atoms. The Labute approximate surface area is 305 Å². The van der Waals surface area contributed by atoms with E-state index in [0.717, 1.165) is 7.11 Å². The number of esters is 2. The van der Waals surface area contributed by atoms with E-state index in [9.17, 15) is 36.3 Å². The summed E-state index contributed by atoms with van der Waals surface area (Å²) in [6, 6.07) is 18.8. The molecule has 6 rings (SSSR count). The van der Waals surface area contributed by atoms with Crippen molar-refractivity contribution in [1.82, 2.24) is 0 Å². The van der Waals surface area contributed by atoms with E-state index in [4.69, 9.17) is 55.2 Å². The lowest BCUT2D eigenvalue weighted by Gasteiger charge is -2.09. The average molecular weight is 806 g/mol. The summed E-state index contributed by atoms with van der Waals surface area (Å²) in [6.07, 6.45) is 0. The quantitative estimate of drug-likeness (QED) is 0.0982. The first-order valence-corrected chi connectivity index (χ1v) is 16.8. The van der Waals surface area contributed by atoms with Gasteiger partial charge >= 0.3 is 27.6 Å². The first-order chi connectivity index (χ1) is 23.9. The van der Waals surface area contributed by atoms with Gasteiger partial charge in [-0.2, -0.15) is 21.6 Å². The molecule has 0 aliphatic carbocycles. The Morgan fingerprint density at radius 1 is 0.686 bits per heavy atom. The lowest BCUT2D eigenvalue weighted by molar-refractivity contribution is -0.0500. The zero-order valence-electron chi connectivity index (χ0n) is 25.6. The van der Waals surface area contributed by atoms with Gasteiger partial charge in [-0.05, 0) is 59.7 Å². The van der Waals surface area contributed by atoms with Crippen LogP contribution in [0.1, 0.15) is 21.1 Å². The topological polar surface area (TPSA) is 142 Å². The number of para-hydroxylation sites is 2. The first-order valence-electron chi connectivity index (χ1n) is 13.9. The molecule has 0 aliphatic heterocycles. The average Bonchev–Trinajstić information content (AvgIpc) is 3.60. The predicted molar refractivity (Wildman–Crippen MR) is 183 cm³/mol. The van der Waals surface area contributed by atoms with Crippen molar-refractivity contribution >= 4 is 90.4 Å². The number of hydrogen-bond donors (Lipinski definition) is 1. The van der Waals surface area contributed by atoms with Crippen molar-refractivity contribution in [1.29, 1.82) is 0 Å². The third kappa shape index (κ3) is 7.70. The highest BCUT2D eigenvalue weighted by atomic mass is 35.5. The third-order valence-corrected chi connectivity index (χ3v) is 8.75. The summed E-state index contributed by atoms with van der Waals surface area (Å²) in [6.45, 7) is 0.